The molecule has 1 heterocycles. The summed E-state index contributed by atoms with van der Waals surface area (Å²) < 4.78 is -2.64. The lowest BCUT2D eigenvalue weighted by atomic mass is 10.0. The van der Waals surface area contributed by atoms with E-state index >= 15 is 0 Å². The van der Waals surface area contributed by atoms with Gasteiger partial charge in [0.25, 0.3) is 11.8 Å². The SMILES string of the molecule is O=C1c2ccccc2C(=O)N1C(c1ccc(Cl)cc1)C(Cl)(Cl)[N+](=O)[O-]. The molecule has 25 heavy (non-hydrogen) atoms. The van der Waals surface area contributed by atoms with Crippen molar-refractivity contribution < 1.29 is 14.5 Å². The fourth-order valence-electron chi connectivity index (χ4n) is 2.69. The molecule has 1 unspecified atom stereocenters. The summed E-state index contributed by atoms with van der Waals surface area (Å²) in [6.45, 7) is 0. The first-order valence-corrected chi connectivity index (χ1v) is 8.13. The molecule has 128 valence electrons. The lowest BCUT2D eigenvalue weighted by Crippen LogP contribution is -2.46. The van der Waals surface area contributed by atoms with Crippen LogP contribution in [-0.4, -0.2) is 26.1 Å². The van der Waals surface area contributed by atoms with Crippen molar-refractivity contribution in [2.45, 2.75) is 10.5 Å². The summed E-state index contributed by atoms with van der Waals surface area (Å²) in [4.78, 5) is 36.6. The van der Waals surface area contributed by atoms with Gasteiger partial charge in [-0.2, -0.15) is 0 Å². The number of nitro groups is 1. The van der Waals surface area contributed by atoms with Gasteiger partial charge in [0.1, 0.15) is 0 Å². The largest absolute Gasteiger partial charge is 0.395 e. The van der Waals surface area contributed by atoms with Gasteiger partial charge in [0.05, 0.1) is 16.1 Å². The Hall–Kier alpha value is -2.15. The molecule has 0 bridgehead atoms. The van der Waals surface area contributed by atoms with Crippen LogP contribution < -0.4 is 0 Å². The number of halogens is 3. The van der Waals surface area contributed by atoms with Crippen LogP contribution in [0.15, 0.2) is 48.5 Å². The highest BCUT2D eigenvalue weighted by Gasteiger charge is 2.56. The van der Waals surface area contributed by atoms with Gasteiger partial charge in [0.15, 0.2) is 6.04 Å². The van der Waals surface area contributed by atoms with E-state index in [0.717, 1.165) is 4.90 Å². The van der Waals surface area contributed by atoms with Crippen LogP contribution in [0.4, 0.5) is 0 Å². The maximum Gasteiger partial charge on any atom is 0.395 e. The number of alkyl halides is 2. The molecule has 1 atom stereocenters. The van der Waals surface area contributed by atoms with E-state index in [-0.39, 0.29) is 16.7 Å². The molecular weight excluding hydrogens is 391 g/mol. The number of imide groups is 1. The van der Waals surface area contributed by atoms with Gasteiger partial charge in [-0.1, -0.05) is 35.9 Å². The second-order valence-corrected chi connectivity index (χ2v) is 7.11. The molecule has 1 aliphatic rings. The Kier molecular flexibility index (Phi) is 4.45. The molecule has 2 aromatic carbocycles. The molecule has 2 aromatic rings. The molecule has 0 aliphatic carbocycles. The van der Waals surface area contributed by atoms with Crippen molar-refractivity contribution in [3.8, 4) is 0 Å². The van der Waals surface area contributed by atoms with E-state index in [2.05, 4.69) is 0 Å². The molecule has 0 saturated carbocycles. The molecule has 0 spiro atoms. The lowest BCUT2D eigenvalue weighted by molar-refractivity contribution is -0.523. The first kappa shape index (κ1) is 17.7. The molecule has 0 fully saturated rings. The fourth-order valence-corrected chi connectivity index (χ4v) is 3.27. The van der Waals surface area contributed by atoms with Gasteiger partial charge in [-0.05, 0) is 53.0 Å². The summed E-state index contributed by atoms with van der Waals surface area (Å²) in [5.41, 5.74) is 0.485. The lowest BCUT2D eigenvalue weighted by Gasteiger charge is -2.30. The predicted molar refractivity (Wildman–Crippen MR) is 92.6 cm³/mol. The minimum atomic E-state index is -2.64. The highest BCUT2D eigenvalue weighted by molar-refractivity contribution is 6.47. The van der Waals surface area contributed by atoms with E-state index in [0.29, 0.717) is 5.02 Å². The molecular formula is C16H9Cl3N2O4. The van der Waals surface area contributed by atoms with Crippen molar-refractivity contribution in [2.24, 2.45) is 0 Å². The summed E-state index contributed by atoms with van der Waals surface area (Å²) in [7, 11) is 0. The van der Waals surface area contributed by atoms with Crippen LogP contribution in [0.2, 0.25) is 5.02 Å². The number of hydrogen-bond donors (Lipinski definition) is 0. The van der Waals surface area contributed by atoms with Crippen LogP contribution in [0.5, 0.6) is 0 Å². The normalized spacial score (nSPS) is 15.2. The third-order valence-corrected chi connectivity index (χ3v) is 4.78. The van der Waals surface area contributed by atoms with Crippen molar-refractivity contribution in [3.05, 3.63) is 80.4 Å². The third kappa shape index (κ3) is 2.86. The number of hydrogen-bond acceptors (Lipinski definition) is 4. The Balaban J connectivity index is 2.17. The Morgan fingerprint density at radius 1 is 0.960 bits per heavy atom. The number of amides is 2. The Labute approximate surface area is 157 Å². The monoisotopic (exact) mass is 398 g/mol. The zero-order valence-corrected chi connectivity index (χ0v) is 14.6. The van der Waals surface area contributed by atoms with Crippen LogP contribution >= 0.6 is 34.8 Å². The maximum absolute atomic E-state index is 12.7. The second kappa shape index (κ2) is 6.29. The van der Waals surface area contributed by atoms with Gasteiger partial charge in [-0.3, -0.25) is 24.6 Å². The molecule has 0 radical (unpaired) electrons. The van der Waals surface area contributed by atoms with Crippen molar-refractivity contribution in [1.82, 2.24) is 4.90 Å². The molecule has 0 N–H and O–H groups in total. The van der Waals surface area contributed by atoms with Gasteiger partial charge in [0, 0.05) is 5.02 Å². The average Bonchev–Trinajstić information content (AvgIpc) is 2.82. The van der Waals surface area contributed by atoms with Gasteiger partial charge >= 0.3 is 4.46 Å². The minimum Gasteiger partial charge on any atom is -0.269 e. The Morgan fingerprint density at radius 3 is 1.88 bits per heavy atom. The molecule has 3 rings (SSSR count). The van der Waals surface area contributed by atoms with Crippen LogP contribution in [0.25, 0.3) is 0 Å². The summed E-state index contributed by atoms with van der Waals surface area (Å²) in [5, 5.41) is 11.8. The molecule has 0 saturated heterocycles. The van der Waals surface area contributed by atoms with E-state index < -0.39 is 27.2 Å². The van der Waals surface area contributed by atoms with Crippen LogP contribution in [0.1, 0.15) is 32.3 Å². The number of nitrogens with zero attached hydrogens (tertiary/aromatic N) is 2. The number of benzene rings is 2. The van der Waals surface area contributed by atoms with E-state index in [4.69, 9.17) is 34.8 Å². The van der Waals surface area contributed by atoms with E-state index in [1.165, 1.54) is 36.4 Å². The quantitative estimate of drug-likeness (QED) is 0.255. The molecule has 6 nitrogen and oxygen atoms in total. The zero-order valence-electron chi connectivity index (χ0n) is 12.4. The molecule has 2 amide bonds. The first-order chi connectivity index (χ1) is 11.7. The van der Waals surface area contributed by atoms with Crippen LogP contribution in [0.3, 0.4) is 0 Å². The van der Waals surface area contributed by atoms with Crippen molar-refractivity contribution >= 4 is 46.6 Å². The average molecular weight is 400 g/mol. The Morgan fingerprint density at radius 2 is 1.44 bits per heavy atom. The van der Waals surface area contributed by atoms with Crippen molar-refractivity contribution in [3.63, 3.8) is 0 Å². The topological polar surface area (TPSA) is 80.5 Å². The van der Waals surface area contributed by atoms with Gasteiger partial charge < -0.3 is 0 Å². The van der Waals surface area contributed by atoms with Crippen LogP contribution in [-0.2, 0) is 0 Å². The minimum absolute atomic E-state index is 0.138. The number of rotatable bonds is 4. The zero-order chi connectivity index (χ0) is 18.4. The van der Waals surface area contributed by atoms with E-state index in [1.807, 2.05) is 0 Å². The second-order valence-electron chi connectivity index (χ2n) is 5.32. The van der Waals surface area contributed by atoms with Gasteiger partial charge in [-0.15, -0.1) is 0 Å². The maximum atomic E-state index is 12.7. The molecule has 1 aliphatic heterocycles. The summed E-state index contributed by atoms with van der Waals surface area (Å²) >= 11 is 17.7. The fraction of sp³-hybridized carbons (Fsp3) is 0.125. The van der Waals surface area contributed by atoms with E-state index in [9.17, 15) is 19.7 Å². The number of fused-ring (bicyclic) bond motifs is 1. The Bertz CT molecular complexity index is 848. The predicted octanol–water partition coefficient (Wildman–Crippen LogP) is 4.09. The van der Waals surface area contributed by atoms with E-state index in [1.54, 1.807) is 12.1 Å². The smallest absolute Gasteiger partial charge is 0.269 e. The standard InChI is InChI=1S/C16H9Cl3N2O4/c17-10-7-5-9(6-8-10)13(16(18,19)21(24)25)20-14(22)11-3-1-2-4-12(11)15(20)23/h1-8,13H. The van der Waals surface area contributed by atoms with Gasteiger partial charge in [0.2, 0.25) is 0 Å². The summed E-state index contributed by atoms with van der Waals surface area (Å²) in [6.07, 6.45) is 0. The molecule has 9 heteroatoms. The number of carbonyl (C=O) groups is 2. The van der Waals surface area contributed by atoms with Crippen molar-refractivity contribution in [2.75, 3.05) is 0 Å². The van der Waals surface area contributed by atoms with Crippen molar-refractivity contribution in [1.29, 1.82) is 0 Å². The van der Waals surface area contributed by atoms with Gasteiger partial charge in [-0.25, -0.2) is 0 Å². The van der Waals surface area contributed by atoms with Crippen LogP contribution in [0, 0.1) is 10.1 Å². The number of carbonyl (C=O) groups excluding carboxylic acids is 2. The first-order valence-electron chi connectivity index (χ1n) is 7.00. The molecule has 0 aromatic heterocycles. The highest BCUT2D eigenvalue weighted by Crippen LogP contribution is 2.44. The third-order valence-electron chi connectivity index (χ3n) is 3.84. The summed E-state index contributed by atoms with van der Waals surface area (Å²) in [6, 6.07) is 10.4. The summed E-state index contributed by atoms with van der Waals surface area (Å²) in [5.74, 6) is -1.40. The highest BCUT2D eigenvalue weighted by atomic mass is 35.5.